The number of nitrogens with two attached hydrogens (primary N) is 1. The lowest BCUT2D eigenvalue weighted by Gasteiger charge is -2.31. The third-order valence-electron chi connectivity index (χ3n) is 6.28. The molecule has 2 aliphatic rings. The van der Waals surface area contributed by atoms with Crippen molar-refractivity contribution in [2.24, 2.45) is 11.7 Å². The summed E-state index contributed by atoms with van der Waals surface area (Å²) in [6.07, 6.45) is 5.04. The van der Waals surface area contributed by atoms with Crippen molar-refractivity contribution in [1.29, 1.82) is 0 Å². The molecule has 1 aromatic rings. The van der Waals surface area contributed by atoms with E-state index in [1.54, 1.807) is 0 Å². The van der Waals surface area contributed by atoms with Crippen LogP contribution >= 0.6 is 0 Å². The van der Waals surface area contributed by atoms with Gasteiger partial charge in [-0.1, -0.05) is 24.8 Å². The van der Waals surface area contributed by atoms with Crippen molar-refractivity contribution in [3.63, 3.8) is 0 Å². The molecule has 1 heterocycles. The third kappa shape index (κ3) is 6.82. The van der Waals surface area contributed by atoms with Gasteiger partial charge in [-0.05, 0) is 56.1 Å². The van der Waals surface area contributed by atoms with Crippen LogP contribution in [0.3, 0.4) is 0 Å². The van der Waals surface area contributed by atoms with E-state index in [-0.39, 0.29) is 18.4 Å². The van der Waals surface area contributed by atoms with Crippen molar-refractivity contribution in [2.45, 2.75) is 57.4 Å². The fourth-order valence-corrected chi connectivity index (χ4v) is 4.56. The number of allylic oxidation sites excluding steroid dienone is 1. The van der Waals surface area contributed by atoms with E-state index in [4.69, 9.17) is 10.4 Å². The number of carbonyl (C=O) groups is 2. The van der Waals surface area contributed by atoms with Crippen LogP contribution in [0.4, 0.5) is 0 Å². The Balaban J connectivity index is 1.40. The summed E-state index contributed by atoms with van der Waals surface area (Å²) in [5.74, 6) is 0.168. The minimum Gasteiger partial charge on any atom is -0.534 e. The predicted molar refractivity (Wildman–Crippen MR) is 126 cm³/mol. The zero-order chi connectivity index (χ0) is 23.1. The fourth-order valence-electron chi connectivity index (χ4n) is 4.56. The molecule has 174 valence electrons. The monoisotopic (exact) mass is 442 g/mol. The molecule has 0 unspecified atom stereocenters. The first-order valence-corrected chi connectivity index (χ1v) is 11.5. The number of primary amides is 1. The van der Waals surface area contributed by atoms with Crippen molar-refractivity contribution in [2.75, 3.05) is 19.6 Å². The number of nitrogens with one attached hydrogen (secondary N) is 3. The summed E-state index contributed by atoms with van der Waals surface area (Å²) in [5.41, 5.74) is 7.84. The Labute approximate surface area is 190 Å². The minimum atomic E-state index is -1.07. The average molecular weight is 442 g/mol. The summed E-state index contributed by atoms with van der Waals surface area (Å²) in [5, 5.41) is 19.9. The van der Waals surface area contributed by atoms with Crippen LogP contribution in [0.15, 0.2) is 24.8 Å². The van der Waals surface area contributed by atoms with Gasteiger partial charge in [0.2, 0.25) is 11.8 Å². The van der Waals surface area contributed by atoms with Crippen LogP contribution in [0.25, 0.3) is 5.57 Å². The lowest BCUT2D eigenvalue weighted by atomic mass is 9.72. The van der Waals surface area contributed by atoms with Gasteiger partial charge in [0, 0.05) is 31.1 Å². The van der Waals surface area contributed by atoms with Gasteiger partial charge in [0.1, 0.15) is 5.75 Å². The van der Waals surface area contributed by atoms with Crippen LogP contribution in [0.1, 0.15) is 50.2 Å². The Bertz CT molecular complexity index is 826. The average Bonchev–Trinajstić information content (AvgIpc) is 2.74. The smallest absolute Gasteiger partial charge is 0.534 e. The van der Waals surface area contributed by atoms with E-state index >= 15 is 0 Å². The van der Waals surface area contributed by atoms with Crippen LogP contribution in [0.2, 0.25) is 0 Å². The van der Waals surface area contributed by atoms with Crippen LogP contribution in [-0.4, -0.2) is 55.6 Å². The highest BCUT2D eigenvalue weighted by Crippen LogP contribution is 2.33. The van der Waals surface area contributed by atoms with Gasteiger partial charge >= 0.3 is 7.12 Å². The first-order valence-electron chi connectivity index (χ1n) is 11.5. The van der Waals surface area contributed by atoms with E-state index in [1.807, 2.05) is 25.1 Å². The number of carbonyl (C=O) groups excluding carboxylic acids is 2. The van der Waals surface area contributed by atoms with Gasteiger partial charge in [0.15, 0.2) is 0 Å². The summed E-state index contributed by atoms with van der Waals surface area (Å²) in [6, 6.07) is 6.28. The second kappa shape index (κ2) is 11.5. The summed E-state index contributed by atoms with van der Waals surface area (Å²) in [7, 11) is -1.07. The molecule has 6 N–H and O–H groups in total. The molecule has 1 atom stereocenters. The van der Waals surface area contributed by atoms with E-state index in [0.717, 1.165) is 48.9 Å². The molecule has 8 nitrogen and oxygen atoms in total. The quantitative estimate of drug-likeness (QED) is 0.269. The van der Waals surface area contributed by atoms with Gasteiger partial charge in [-0.15, -0.1) is 0 Å². The summed E-state index contributed by atoms with van der Waals surface area (Å²) in [4.78, 5) is 23.3. The molecule has 1 fully saturated rings. The number of rotatable bonds is 10. The molecule has 3 rings (SSSR count). The Morgan fingerprint density at radius 1 is 1.25 bits per heavy atom. The van der Waals surface area contributed by atoms with E-state index in [0.29, 0.717) is 37.1 Å². The zero-order valence-electron chi connectivity index (χ0n) is 18.9. The van der Waals surface area contributed by atoms with Gasteiger partial charge in [0.25, 0.3) is 0 Å². The highest BCUT2D eigenvalue weighted by Gasteiger charge is 2.37. The lowest BCUT2D eigenvalue weighted by Crippen LogP contribution is -2.53. The second-order valence-corrected chi connectivity index (χ2v) is 8.98. The molecule has 0 spiro atoms. The minimum absolute atomic E-state index is 0.0378. The van der Waals surface area contributed by atoms with Gasteiger partial charge < -0.3 is 31.4 Å². The zero-order valence-corrected chi connectivity index (χ0v) is 18.9. The normalized spacial score (nSPS) is 22.6. The highest BCUT2D eigenvalue weighted by molar-refractivity contribution is 6.46. The van der Waals surface area contributed by atoms with Crippen LogP contribution < -0.4 is 26.3 Å². The third-order valence-corrected chi connectivity index (χ3v) is 6.28. The van der Waals surface area contributed by atoms with Gasteiger partial charge in [0.05, 0.1) is 12.5 Å². The number of para-hydroxylation sites is 1. The topological polar surface area (TPSA) is 126 Å². The van der Waals surface area contributed by atoms with Crippen molar-refractivity contribution in [3.05, 3.63) is 35.9 Å². The van der Waals surface area contributed by atoms with Crippen LogP contribution in [0.5, 0.6) is 5.75 Å². The molecule has 1 aliphatic heterocycles. The van der Waals surface area contributed by atoms with E-state index in [1.165, 1.54) is 0 Å². The number of hydrogen-bond donors (Lipinski definition) is 5. The molecule has 0 aromatic heterocycles. The van der Waals surface area contributed by atoms with Crippen LogP contribution in [0, 0.1) is 5.92 Å². The Morgan fingerprint density at radius 3 is 2.69 bits per heavy atom. The van der Waals surface area contributed by atoms with Crippen molar-refractivity contribution < 1.29 is 19.3 Å². The predicted octanol–water partition coefficient (Wildman–Crippen LogP) is 0.773. The Kier molecular flexibility index (Phi) is 8.72. The van der Waals surface area contributed by atoms with Gasteiger partial charge in [-0.25, -0.2) is 0 Å². The molecular weight excluding hydrogens is 407 g/mol. The van der Waals surface area contributed by atoms with Gasteiger partial charge in [-0.2, -0.15) is 0 Å². The maximum Gasteiger partial charge on any atom is 0.547 e. The van der Waals surface area contributed by atoms with Crippen molar-refractivity contribution >= 4 is 24.5 Å². The molecule has 0 bridgehead atoms. The summed E-state index contributed by atoms with van der Waals surface area (Å²) in [6.45, 7) is 7.57. The molecule has 0 radical (unpaired) electrons. The fraction of sp³-hybridized carbons (Fsp3) is 0.565. The molecule has 1 aromatic carbocycles. The molecule has 1 aliphatic carbocycles. The first kappa shape index (κ1) is 24.3. The maximum absolute atomic E-state index is 12.6. The number of benzene rings is 1. The van der Waals surface area contributed by atoms with Crippen molar-refractivity contribution in [1.82, 2.24) is 16.0 Å². The SMILES string of the molecule is C=C(C)c1cccc2c1OB(O)[C@@H](NC(=O)CC1CCC(NCCNCC(N)=O)CC1)C2. The Hall–Kier alpha value is -2.36. The van der Waals surface area contributed by atoms with Crippen LogP contribution in [-0.2, 0) is 16.0 Å². The highest BCUT2D eigenvalue weighted by atomic mass is 16.5. The molecular formula is C23H35BN4O4. The second-order valence-electron chi connectivity index (χ2n) is 8.98. The van der Waals surface area contributed by atoms with E-state index in [2.05, 4.69) is 22.5 Å². The molecule has 2 amide bonds. The molecule has 32 heavy (non-hydrogen) atoms. The largest absolute Gasteiger partial charge is 0.547 e. The summed E-state index contributed by atoms with van der Waals surface area (Å²) < 4.78 is 5.75. The van der Waals surface area contributed by atoms with E-state index in [9.17, 15) is 14.6 Å². The molecule has 0 saturated heterocycles. The van der Waals surface area contributed by atoms with Crippen molar-refractivity contribution in [3.8, 4) is 5.75 Å². The first-order chi connectivity index (χ1) is 15.3. The maximum atomic E-state index is 12.6. The van der Waals surface area contributed by atoms with E-state index < -0.39 is 13.1 Å². The Morgan fingerprint density at radius 2 is 2.00 bits per heavy atom. The number of fused-ring (bicyclic) bond motifs is 1. The number of hydrogen-bond acceptors (Lipinski definition) is 6. The molecule has 1 saturated carbocycles. The summed E-state index contributed by atoms with van der Waals surface area (Å²) >= 11 is 0. The lowest BCUT2D eigenvalue weighted by molar-refractivity contribution is -0.122. The standard InChI is InChI=1S/C23H35BN4O4/c1-15(2)19-5-3-4-17-13-20(24(31)32-23(17)19)28-22(30)12-16-6-8-18(9-7-16)27-11-10-26-14-21(25)29/h3-5,16,18,20,26-27,31H,1,6-14H2,2H3,(H2,25,29)(H,28,30)/t16?,18?,20-/m0/s1. The number of amides is 2. The molecule has 9 heteroatoms. The van der Waals surface area contributed by atoms with Gasteiger partial charge in [-0.3, -0.25) is 9.59 Å².